The van der Waals surface area contributed by atoms with Gasteiger partial charge in [-0.3, -0.25) is 0 Å². The van der Waals surface area contributed by atoms with Crippen molar-refractivity contribution in [2.45, 2.75) is 11.6 Å². The summed E-state index contributed by atoms with van der Waals surface area (Å²) >= 11 is 1.34. The van der Waals surface area contributed by atoms with Gasteiger partial charge in [0.2, 0.25) is 0 Å². The number of ether oxygens (including phenoxy) is 1. The minimum absolute atomic E-state index is 0.00457. The van der Waals surface area contributed by atoms with Gasteiger partial charge < -0.3 is 19.2 Å². The highest BCUT2D eigenvalue weighted by molar-refractivity contribution is 7.99. The second-order valence-corrected chi connectivity index (χ2v) is 5.13. The van der Waals surface area contributed by atoms with E-state index in [-0.39, 0.29) is 6.42 Å². The molecule has 0 radical (unpaired) electrons. The summed E-state index contributed by atoms with van der Waals surface area (Å²) in [5.74, 6) is 0.856. The Morgan fingerprint density at radius 2 is 2.05 bits per heavy atom. The van der Waals surface area contributed by atoms with Crippen molar-refractivity contribution in [1.82, 2.24) is 14.8 Å². The van der Waals surface area contributed by atoms with Crippen LogP contribution in [0.5, 0.6) is 5.75 Å². The number of carboxylic acids is 1. The molecule has 1 aromatic carbocycles. The monoisotopic (exact) mass is 292 g/mol. The first-order valence-corrected chi connectivity index (χ1v) is 6.97. The number of methoxy groups -OCH3 is 1. The van der Waals surface area contributed by atoms with E-state index >= 15 is 0 Å². The number of benzene rings is 1. The van der Waals surface area contributed by atoms with Crippen LogP contribution in [0.1, 0.15) is 6.42 Å². The maximum atomic E-state index is 10.4. The average molecular weight is 292 g/mol. The lowest BCUT2D eigenvalue weighted by Crippen LogP contribution is -2.22. The van der Waals surface area contributed by atoms with Crippen molar-refractivity contribution in [1.29, 1.82) is 0 Å². The molecule has 0 aliphatic carbocycles. The zero-order valence-electron chi connectivity index (χ0n) is 11.2. The van der Waals surface area contributed by atoms with Gasteiger partial charge in [-0.1, -0.05) is 11.8 Å². The number of rotatable bonds is 6. The van der Waals surface area contributed by atoms with Crippen LogP contribution >= 0.6 is 11.8 Å². The molecule has 20 heavy (non-hydrogen) atoms. The first kappa shape index (κ1) is 14.4. The van der Waals surface area contributed by atoms with E-state index in [1.54, 1.807) is 7.11 Å². The van der Waals surface area contributed by atoms with E-state index in [9.17, 15) is 9.90 Å². The molecule has 0 amide bonds. The zero-order valence-corrected chi connectivity index (χ0v) is 12.0. The normalized spacial score (nSPS) is 10.5. The molecule has 2 rings (SSSR count). The van der Waals surface area contributed by atoms with Gasteiger partial charge in [-0.05, 0) is 30.7 Å². The van der Waals surface area contributed by atoms with Gasteiger partial charge in [-0.15, -0.1) is 10.2 Å². The Balaban J connectivity index is 2.12. The smallest absolute Gasteiger partial charge is 0.191 e. The molecule has 0 N–H and O–H groups in total. The highest BCUT2D eigenvalue weighted by atomic mass is 32.2. The Morgan fingerprint density at radius 1 is 1.35 bits per heavy atom. The Labute approximate surface area is 120 Å². The van der Waals surface area contributed by atoms with Crippen molar-refractivity contribution in [3.05, 3.63) is 24.3 Å². The van der Waals surface area contributed by atoms with Crippen molar-refractivity contribution in [3.63, 3.8) is 0 Å². The Hall–Kier alpha value is -2.02. The Bertz CT molecular complexity index is 595. The molecule has 106 valence electrons. The lowest BCUT2D eigenvalue weighted by molar-refractivity contribution is -0.305. The van der Waals surface area contributed by atoms with E-state index in [2.05, 4.69) is 10.2 Å². The Kier molecular flexibility index (Phi) is 4.62. The largest absolute Gasteiger partial charge is 0.550 e. The van der Waals surface area contributed by atoms with Gasteiger partial charge in [0, 0.05) is 24.3 Å². The number of hydrogen-bond acceptors (Lipinski definition) is 6. The lowest BCUT2D eigenvalue weighted by Gasteiger charge is -2.05. The van der Waals surface area contributed by atoms with Crippen LogP contribution in [0.4, 0.5) is 0 Å². The summed E-state index contributed by atoms with van der Waals surface area (Å²) in [5, 5.41) is 19.3. The molecule has 0 aliphatic rings. The van der Waals surface area contributed by atoms with Gasteiger partial charge >= 0.3 is 0 Å². The van der Waals surface area contributed by atoms with Crippen molar-refractivity contribution in [2.75, 3.05) is 12.9 Å². The number of carboxylic acid groups (broad SMARTS) is 1. The van der Waals surface area contributed by atoms with Gasteiger partial charge in [0.25, 0.3) is 0 Å². The van der Waals surface area contributed by atoms with E-state index in [0.717, 1.165) is 17.1 Å². The number of carbonyl (C=O) groups is 1. The highest BCUT2D eigenvalue weighted by Gasteiger charge is 2.11. The lowest BCUT2D eigenvalue weighted by atomic mass is 10.2. The summed E-state index contributed by atoms with van der Waals surface area (Å²) in [7, 11) is 3.46. The summed E-state index contributed by atoms with van der Waals surface area (Å²) in [6.07, 6.45) is -0.00457. The van der Waals surface area contributed by atoms with Crippen LogP contribution in [0.25, 0.3) is 11.4 Å². The molecule has 0 spiro atoms. The SMILES string of the molecule is COc1ccc(-c2nnc(SCCC(=O)[O-])n2C)cc1. The molecule has 2 aromatic rings. The fraction of sp³-hybridized carbons (Fsp3) is 0.308. The number of nitrogens with zero attached hydrogens (tertiary/aromatic N) is 3. The maximum absolute atomic E-state index is 10.4. The van der Waals surface area contributed by atoms with E-state index in [1.807, 2.05) is 35.9 Å². The van der Waals surface area contributed by atoms with Crippen LogP contribution in [0.2, 0.25) is 0 Å². The third-order valence-electron chi connectivity index (χ3n) is 2.72. The van der Waals surface area contributed by atoms with E-state index in [0.29, 0.717) is 10.9 Å². The third kappa shape index (κ3) is 3.30. The predicted molar refractivity (Wildman–Crippen MR) is 73.3 cm³/mol. The molecule has 0 saturated heterocycles. The fourth-order valence-corrected chi connectivity index (χ4v) is 2.49. The molecule has 1 aromatic heterocycles. The highest BCUT2D eigenvalue weighted by Crippen LogP contribution is 2.24. The number of aromatic nitrogens is 3. The van der Waals surface area contributed by atoms with Crippen LogP contribution < -0.4 is 9.84 Å². The topological polar surface area (TPSA) is 80.1 Å². The van der Waals surface area contributed by atoms with Crippen molar-refractivity contribution in [3.8, 4) is 17.1 Å². The number of aliphatic carboxylic acids is 1. The third-order valence-corrected chi connectivity index (χ3v) is 3.74. The number of hydrogen-bond donors (Lipinski definition) is 0. The van der Waals surface area contributed by atoms with Gasteiger partial charge in [-0.25, -0.2) is 0 Å². The molecular formula is C13H14N3O3S-. The molecule has 0 fully saturated rings. The predicted octanol–water partition coefficient (Wildman–Crippen LogP) is 0.723. The summed E-state index contributed by atoms with van der Waals surface area (Å²) in [6.45, 7) is 0. The summed E-state index contributed by atoms with van der Waals surface area (Å²) < 4.78 is 6.94. The Morgan fingerprint density at radius 3 is 2.65 bits per heavy atom. The van der Waals surface area contributed by atoms with E-state index in [4.69, 9.17) is 4.74 Å². The molecule has 0 saturated carbocycles. The van der Waals surface area contributed by atoms with Crippen LogP contribution in [0.3, 0.4) is 0 Å². The van der Waals surface area contributed by atoms with Crippen LogP contribution in [0.15, 0.2) is 29.4 Å². The van der Waals surface area contributed by atoms with Gasteiger partial charge in [0.05, 0.1) is 7.11 Å². The fourth-order valence-electron chi connectivity index (χ4n) is 1.66. The minimum Gasteiger partial charge on any atom is -0.550 e. The van der Waals surface area contributed by atoms with Gasteiger partial charge in [-0.2, -0.15) is 0 Å². The molecule has 7 heteroatoms. The maximum Gasteiger partial charge on any atom is 0.191 e. The molecule has 0 bridgehead atoms. The summed E-state index contributed by atoms with van der Waals surface area (Å²) in [4.78, 5) is 10.4. The van der Waals surface area contributed by atoms with E-state index in [1.165, 1.54) is 11.8 Å². The van der Waals surface area contributed by atoms with Crippen LogP contribution in [-0.2, 0) is 11.8 Å². The second-order valence-electron chi connectivity index (χ2n) is 4.06. The average Bonchev–Trinajstić information content (AvgIpc) is 2.80. The second kappa shape index (κ2) is 6.42. The van der Waals surface area contributed by atoms with Crippen LogP contribution in [0, 0.1) is 0 Å². The van der Waals surface area contributed by atoms with Crippen LogP contribution in [-0.4, -0.2) is 33.6 Å². The molecule has 0 aliphatic heterocycles. The molecule has 0 unspecified atom stereocenters. The zero-order chi connectivity index (χ0) is 14.5. The number of carbonyl (C=O) groups excluding carboxylic acids is 1. The number of thioether (sulfide) groups is 1. The van der Waals surface area contributed by atoms with Gasteiger partial charge in [0.1, 0.15) is 5.75 Å². The standard InChI is InChI=1S/C13H15N3O3S/c1-16-12(9-3-5-10(19-2)6-4-9)14-15-13(16)20-8-7-11(17)18/h3-6H,7-8H2,1-2H3,(H,17,18)/p-1. The summed E-state index contributed by atoms with van der Waals surface area (Å²) in [6, 6.07) is 7.51. The van der Waals surface area contributed by atoms with E-state index < -0.39 is 5.97 Å². The molecule has 6 nitrogen and oxygen atoms in total. The van der Waals surface area contributed by atoms with Crippen molar-refractivity contribution in [2.24, 2.45) is 7.05 Å². The molecular weight excluding hydrogens is 278 g/mol. The molecule has 0 atom stereocenters. The summed E-state index contributed by atoms with van der Waals surface area (Å²) in [5.41, 5.74) is 0.924. The van der Waals surface area contributed by atoms with Crippen molar-refractivity contribution >= 4 is 17.7 Å². The first-order chi connectivity index (χ1) is 9.61. The van der Waals surface area contributed by atoms with Gasteiger partial charge in [0.15, 0.2) is 11.0 Å². The van der Waals surface area contributed by atoms with Crippen molar-refractivity contribution < 1.29 is 14.6 Å². The quantitative estimate of drug-likeness (QED) is 0.730. The first-order valence-electron chi connectivity index (χ1n) is 5.98. The molecule has 1 heterocycles. The minimum atomic E-state index is -1.06.